The van der Waals surface area contributed by atoms with Crippen LogP contribution < -0.4 is 15.6 Å². The van der Waals surface area contributed by atoms with E-state index in [1.54, 1.807) is 6.07 Å². The number of unbranched alkanes of at least 4 members (excludes halogenated alkanes) is 1. The molecule has 6 nitrogen and oxygen atoms in total. The fourth-order valence-corrected chi connectivity index (χ4v) is 2.90. The Bertz CT molecular complexity index is 761. The maximum Gasteiger partial charge on any atom is 0.251 e. The summed E-state index contributed by atoms with van der Waals surface area (Å²) in [5.74, 6) is 0.607. The molecule has 0 aliphatic carbocycles. The van der Waals surface area contributed by atoms with Gasteiger partial charge in [0.1, 0.15) is 5.75 Å². The number of aryl methyl sites for hydroxylation is 1. The van der Waals surface area contributed by atoms with Crippen LogP contribution in [0, 0.1) is 0 Å². The minimum Gasteiger partial charge on any atom is -0.492 e. The first-order valence-corrected chi connectivity index (χ1v) is 9.35. The number of thioether (sulfide) groups is 1. The van der Waals surface area contributed by atoms with Crippen molar-refractivity contribution in [1.82, 2.24) is 9.97 Å². The lowest BCUT2D eigenvalue weighted by Crippen LogP contribution is -2.16. The minimum atomic E-state index is -0.189. The Balaban J connectivity index is 1.96. The molecule has 0 saturated heterocycles. The standard InChI is InChI=1S/C18H23N3O3S/c1-3-5-8-13-11-16(22)21-18(19-13)25-12-17(23)20-14-9-6-7-10-15(14)24-4-2/h6-7,9-11H,3-5,8,12H2,1-2H3,(H,20,23)(H,19,21,22). The first-order valence-electron chi connectivity index (χ1n) is 8.37. The molecular formula is C18H23N3O3S. The van der Waals surface area contributed by atoms with Crippen LogP contribution >= 0.6 is 11.8 Å². The minimum absolute atomic E-state index is 0.153. The van der Waals surface area contributed by atoms with Crippen LogP contribution in [0.5, 0.6) is 5.75 Å². The number of nitrogens with zero attached hydrogens (tertiary/aromatic N) is 1. The van der Waals surface area contributed by atoms with Crippen LogP contribution in [0.25, 0.3) is 0 Å². The number of ether oxygens (including phenoxy) is 1. The predicted octanol–water partition coefficient (Wildman–Crippen LogP) is 3.24. The van der Waals surface area contributed by atoms with Crippen molar-refractivity contribution in [2.45, 2.75) is 38.3 Å². The number of hydrogen-bond acceptors (Lipinski definition) is 5. The van der Waals surface area contributed by atoms with Crippen molar-refractivity contribution in [2.24, 2.45) is 0 Å². The predicted molar refractivity (Wildman–Crippen MR) is 100 cm³/mol. The van der Waals surface area contributed by atoms with Crippen molar-refractivity contribution in [3.05, 3.63) is 46.4 Å². The molecular weight excluding hydrogens is 338 g/mol. The van der Waals surface area contributed by atoms with Crippen LogP contribution in [0.2, 0.25) is 0 Å². The van der Waals surface area contributed by atoms with E-state index >= 15 is 0 Å². The molecule has 0 unspecified atom stereocenters. The van der Waals surface area contributed by atoms with Gasteiger partial charge in [-0.05, 0) is 31.9 Å². The van der Waals surface area contributed by atoms with Gasteiger partial charge in [0, 0.05) is 11.8 Å². The highest BCUT2D eigenvalue weighted by molar-refractivity contribution is 7.99. The number of amides is 1. The number of rotatable bonds is 9. The molecule has 2 N–H and O–H groups in total. The van der Waals surface area contributed by atoms with Crippen LogP contribution in [-0.2, 0) is 11.2 Å². The van der Waals surface area contributed by atoms with Gasteiger partial charge >= 0.3 is 0 Å². The Hall–Kier alpha value is -2.28. The van der Waals surface area contributed by atoms with Crippen molar-refractivity contribution in [1.29, 1.82) is 0 Å². The molecule has 1 amide bonds. The Morgan fingerprint density at radius 3 is 2.88 bits per heavy atom. The summed E-state index contributed by atoms with van der Waals surface area (Å²) in [5, 5.41) is 3.29. The van der Waals surface area contributed by atoms with Crippen LogP contribution in [0.15, 0.2) is 40.3 Å². The smallest absolute Gasteiger partial charge is 0.251 e. The monoisotopic (exact) mass is 361 g/mol. The van der Waals surface area contributed by atoms with Crippen molar-refractivity contribution in [2.75, 3.05) is 17.7 Å². The second-order valence-electron chi connectivity index (χ2n) is 5.41. The SMILES string of the molecule is CCCCc1cc(=O)[nH]c(SCC(=O)Nc2ccccc2OCC)n1. The van der Waals surface area contributed by atoms with Gasteiger partial charge in [-0.25, -0.2) is 4.98 Å². The Labute approximate surface area is 151 Å². The second kappa shape index (κ2) is 9.88. The van der Waals surface area contributed by atoms with Crippen molar-refractivity contribution in [3.63, 3.8) is 0 Å². The Morgan fingerprint density at radius 2 is 2.12 bits per heavy atom. The number of aromatic nitrogens is 2. The number of benzene rings is 1. The summed E-state index contributed by atoms with van der Waals surface area (Å²) in [6.07, 6.45) is 2.79. The van der Waals surface area contributed by atoms with Gasteiger partial charge < -0.3 is 15.0 Å². The average Bonchev–Trinajstić information content (AvgIpc) is 2.60. The quantitative estimate of drug-likeness (QED) is 0.529. The normalized spacial score (nSPS) is 10.5. The number of hydrogen-bond donors (Lipinski definition) is 2. The van der Waals surface area contributed by atoms with E-state index in [9.17, 15) is 9.59 Å². The van der Waals surface area contributed by atoms with E-state index in [1.165, 1.54) is 17.8 Å². The van der Waals surface area contributed by atoms with Gasteiger partial charge in [0.05, 0.1) is 18.0 Å². The van der Waals surface area contributed by atoms with Gasteiger partial charge in [0.25, 0.3) is 5.56 Å². The lowest BCUT2D eigenvalue weighted by atomic mass is 10.2. The molecule has 0 aliphatic rings. The van der Waals surface area contributed by atoms with Crippen LogP contribution in [0.1, 0.15) is 32.4 Å². The number of H-pyrrole nitrogens is 1. The highest BCUT2D eigenvalue weighted by Gasteiger charge is 2.09. The van der Waals surface area contributed by atoms with Crippen molar-refractivity contribution < 1.29 is 9.53 Å². The third-order valence-corrected chi connectivity index (χ3v) is 4.23. The third kappa shape index (κ3) is 6.26. The van der Waals surface area contributed by atoms with E-state index in [2.05, 4.69) is 22.2 Å². The van der Waals surface area contributed by atoms with Gasteiger partial charge in [0.15, 0.2) is 5.16 Å². The number of anilines is 1. The van der Waals surface area contributed by atoms with Gasteiger partial charge in [0.2, 0.25) is 5.91 Å². The fraction of sp³-hybridized carbons (Fsp3) is 0.389. The van der Waals surface area contributed by atoms with Crippen LogP contribution in [0.3, 0.4) is 0 Å². The average molecular weight is 361 g/mol. The van der Waals surface area contributed by atoms with Gasteiger partial charge in [-0.3, -0.25) is 9.59 Å². The lowest BCUT2D eigenvalue weighted by molar-refractivity contribution is -0.113. The maximum absolute atomic E-state index is 12.2. The van der Waals surface area contributed by atoms with E-state index in [-0.39, 0.29) is 17.2 Å². The molecule has 134 valence electrons. The van der Waals surface area contributed by atoms with E-state index in [0.717, 1.165) is 25.0 Å². The molecule has 1 heterocycles. The van der Waals surface area contributed by atoms with Gasteiger partial charge in [-0.15, -0.1) is 0 Å². The number of aromatic amines is 1. The molecule has 1 aromatic heterocycles. The third-order valence-electron chi connectivity index (χ3n) is 3.36. The lowest BCUT2D eigenvalue weighted by Gasteiger charge is -2.11. The molecule has 0 aliphatic heterocycles. The largest absolute Gasteiger partial charge is 0.492 e. The van der Waals surface area contributed by atoms with Crippen molar-refractivity contribution in [3.8, 4) is 5.75 Å². The Morgan fingerprint density at radius 1 is 1.32 bits per heavy atom. The van der Waals surface area contributed by atoms with Gasteiger partial charge in [-0.2, -0.15) is 0 Å². The summed E-state index contributed by atoms with van der Waals surface area (Å²) < 4.78 is 5.49. The highest BCUT2D eigenvalue weighted by atomic mass is 32.2. The van der Waals surface area contributed by atoms with Gasteiger partial charge in [-0.1, -0.05) is 37.2 Å². The molecule has 0 bridgehead atoms. The van der Waals surface area contributed by atoms with E-state index in [4.69, 9.17) is 4.74 Å². The molecule has 0 saturated carbocycles. The molecule has 2 aromatic rings. The number of carbonyl (C=O) groups is 1. The molecule has 0 fully saturated rings. The number of carbonyl (C=O) groups excluding carboxylic acids is 1. The molecule has 0 spiro atoms. The molecule has 1 aromatic carbocycles. The summed E-state index contributed by atoms with van der Waals surface area (Å²) in [6, 6.07) is 8.80. The highest BCUT2D eigenvalue weighted by Crippen LogP contribution is 2.24. The summed E-state index contributed by atoms with van der Waals surface area (Å²) in [4.78, 5) is 30.9. The number of nitrogens with one attached hydrogen (secondary N) is 2. The summed E-state index contributed by atoms with van der Waals surface area (Å²) in [7, 11) is 0. The number of para-hydroxylation sites is 2. The van der Waals surface area contributed by atoms with Crippen LogP contribution in [-0.4, -0.2) is 28.2 Å². The van der Waals surface area contributed by atoms with E-state index in [0.29, 0.717) is 23.2 Å². The molecule has 0 radical (unpaired) electrons. The molecule has 7 heteroatoms. The Kier molecular flexibility index (Phi) is 7.53. The topological polar surface area (TPSA) is 84.1 Å². The zero-order valence-electron chi connectivity index (χ0n) is 14.5. The maximum atomic E-state index is 12.2. The molecule has 25 heavy (non-hydrogen) atoms. The second-order valence-corrected chi connectivity index (χ2v) is 6.38. The summed E-state index contributed by atoms with van der Waals surface area (Å²) >= 11 is 1.21. The summed E-state index contributed by atoms with van der Waals surface area (Å²) in [6.45, 7) is 4.51. The molecule has 2 rings (SSSR count). The van der Waals surface area contributed by atoms with Crippen molar-refractivity contribution >= 4 is 23.4 Å². The fourth-order valence-electron chi connectivity index (χ4n) is 2.21. The first-order chi connectivity index (χ1) is 12.1. The zero-order valence-corrected chi connectivity index (χ0v) is 15.3. The zero-order chi connectivity index (χ0) is 18.1. The first kappa shape index (κ1) is 19.1. The summed E-state index contributed by atoms with van der Waals surface area (Å²) in [5.41, 5.74) is 1.20. The van der Waals surface area contributed by atoms with E-state index in [1.807, 2.05) is 25.1 Å². The van der Waals surface area contributed by atoms with E-state index < -0.39 is 0 Å². The molecule has 0 atom stereocenters. The van der Waals surface area contributed by atoms with Crippen LogP contribution in [0.4, 0.5) is 5.69 Å².